The smallest absolute Gasteiger partial charge is 0.305 e. The van der Waals surface area contributed by atoms with Crippen LogP contribution in [0.2, 0.25) is 0 Å². The molecule has 0 aromatic carbocycles. The Bertz CT molecular complexity index is 1320. The maximum absolute atomic E-state index is 12.6. The van der Waals surface area contributed by atoms with E-state index in [4.69, 9.17) is 4.74 Å². The highest BCUT2D eigenvalue weighted by atomic mass is 16.5. The van der Waals surface area contributed by atoms with Crippen molar-refractivity contribution in [2.75, 3.05) is 13.2 Å². The van der Waals surface area contributed by atoms with E-state index < -0.39 is 12.1 Å². The van der Waals surface area contributed by atoms with Crippen molar-refractivity contribution in [1.29, 1.82) is 0 Å². The minimum Gasteiger partial charge on any atom is -0.466 e. The highest BCUT2D eigenvalue weighted by Crippen LogP contribution is 2.21. The van der Waals surface area contributed by atoms with E-state index in [1.807, 2.05) is 0 Å². The van der Waals surface area contributed by atoms with Gasteiger partial charge in [-0.2, -0.15) is 0 Å². The molecule has 0 rings (SSSR count). The molecule has 0 spiro atoms. The van der Waals surface area contributed by atoms with Gasteiger partial charge in [-0.05, 0) is 51.4 Å². The van der Waals surface area contributed by atoms with Crippen LogP contribution >= 0.6 is 0 Å². The van der Waals surface area contributed by atoms with Gasteiger partial charge in [-0.25, -0.2) is 0 Å². The Morgan fingerprint density at radius 3 is 0.816 bits per heavy atom. The number of aliphatic hydroxyl groups excluding tert-OH is 2. The molecule has 0 aromatic heterocycles. The topological polar surface area (TPSA) is 95.9 Å². The van der Waals surface area contributed by atoms with Crippen LogP contribution in [0.1, 0.15) is 470 Å². The number of allylic oxidation sites excluding steroid dienone is 2. The van der Waals surface area contributed by atoms with E-state index in [0.717, 1.165) is 44.9 Å². The molecular weight excluding hydrogens is 1070 g/mol. The van der Waals surface area contributed by atoms with Gasteiger partial charge in [-0.1, -0.05) is 418 Å². The molecule has 0 saturated heterocycles. The quantitative estimate of drug-likeness (QED) is 0.0320. The molecule has 6 heteroatoms. The van der Waals surface area contributed by atoms with E-state index in [1.54, 1.807) is 0 Å². The predicted octanol–water partition coefficient (Wildman–Crippen LogP) is 26.7. The number of carbonyl (C=O) groups excluding carboxylic acids is 2. The Morgan fingerprint density at radius 1 is 0.310 bits per heavy atom. The van der Waals surface area contributed by atoms with Crippen LogP contribution in [-0.2, 0) is 14.3 Å². The fourth-order valence-corrected chi connectivity index (χ4v) is 13.2. The number of aliphatic hydroxyl groups is 2. The fraction of sp³-hybridized carbons (Fsp3) is 0.951. The number of hydrogen-bond donors (Lipinski definition) is 3. The summed E-state index contributed by atoms with van der Waals surface area (Å²) in [7, 11) is 0. The molecule has 0 radical (unpaired) electrons. The zero-order valence-electron chi connectivity index (χ0n) is 59.5. The second kappa shape index (κ2) is 77.1. The molecule has 2 unspecified atom stereocenters. The molecule has 2 atom stereocenters. The Labute approximate surface area is 546 Å². The van der Waals surface area contributed by atoms with Crippen molar-refractivity contribution in [2.45, 2.75) is 482 Å². The molecule has 0 saturated carbocycles. The lowest BCUT2D eigenvalue weighted by atomic mass is 10.0. The van der Waals surface area contributed by atoms with Gasteiger partial charge < -0.3 is 20.3 Å². The van der Waals surface area contributed by atoms with Crippen molar-refractivity contribution < 1.29 is 24.5 Å². The molecule has 0 fully saturated rings. The third-order valence-electron chi connectivity index (χ3n) is 19.3. The second-order valence-corrected chi connectivity index (χ2v) is 28.1. The van der Waals surface area contributed by atoms with Crippen LogP contribution in [0.3, 0.4) is 0 Å². The maximum Gasteiger partial charge on any atom is 0.305 e. The van der Waals surface area contributed by atoms with Gasteiger partial charge in [0, 0.05) is 12.8 Å². The van der Waals surface area contributed by atoms with Crippen LogP contribution in [0.25, 0.3) is 0 Å². The Morgan fingerprint density at radius 2 is 0.540 bits per heavy atom. The van der Waals surface area contributed by atoms with Gasteiger partial charge in [-0.15, -0.1) is 0 Å². The first-order valence-corrected chi connectivity index (χ1v) is 40.4. The third kappa shape index (κ3) is 73.5. The zero-order chi connectivity index (χ0) is 62.8. The Kier molecular flexibility index (Phi) is 75.8. The molecule has 0 aliphatic carbocycles. The van der Waals surface area contributed by atoms with E-state index >= 15 is 0 Å². The lowest BCUT2D eigenvalue weighted by Crippen LogP contribution is -2.45. The van der Waals surface area contributed by atoms with Gasteiger partial charge in [0.05, 0.1) is 25.4 Å². The van der Waals surface area contributed by atoms with Gasteiger partial charge in [-0.3, -0.25) is 9.59 Å². The highest BCUT2D eigenvalue weighted by Gasteiger charge is 2.20. The van der Waals surface area contributed by atoms with Gasteiger partial charge in [0.2, 0.25) is 5.91 Å². The Balaban J connectivity index is 3.29. The third-order valence-corrected chi connectivity index (χ3v) is 19.3. The predicted molar refractivity (Wildman–Crippen MR) is 384 cm³/mol. The summed E-state index contributed by atoms with van der Waals surface area (Å²) in [4.78, 5) is 24.6. The number of unbranched alkanes of at least 4 members (excludes halogenated alkanes) is 64. The zero-order valence-corrected chi connectivity index (χ0v) is 59.5. The number of hydrogen-bond acceptors (Lipinski definition) is 5. The van der Waals surface area contributed by atoms with Crippen molar-refractivity contribution in [1.82, 2.24) is 5.32 Å². The number of rotatable bonds is 77. The van der Waals surface area contributed by atoms with Crippen molar-refractivity contribution in [2.24, 2.45) is 0 Å². The van der Waals surface area contributed by atoms with E-state index in [1.165, 1.54) is 392 Å². The van der Waals surface area contributed by atoms with Gasteiger partial charge in [0.15, 0.2) is 0 Å². The maximum atomic E-state index is 12.6. The first-order chi connectivity index (χ1) is 43.0. The van der Waals surface area contributed by atoms with Crippen LogP contribution in [0.4, 0.5) is 0 Å². The van der Waals surface area contributed by atoms with Gasteiger partial charge >= 0.3 is 5.97 Å². The van der Waals surface area contributed by atoms with E-state index in [9.17, 15) is 19.8 Å². The summed E-state index contributed by atoms with van der Waals surface area (Å²) in [5.41, 5.74) is 0. The normalized spacial score (nSPS) is 12.5. The monoisotopic (exact) mass is 1230 g/mol. The Hall–Kier alpha value is -1.40. The SMILES string of the molecule is CCCCCCCC/C=C\CCCCCCCC(=O)OCCCCCCCCCCCCCCCCCCCCCCCCCCCCCCCCCCCCCCCC(=O)NC(CO)C(O)CCCCCCCCCCCCCCCCCCCC. The molecular formula is C81H159NO5. The largest absolute Gasteiger partial charge is 0.466 e. The number of ether oxygens (including phenoxy) is 1. The lowest BCUT2D eigenvalue weighted by Gasteiger charge is -2.22. The molecule has 1 amide bonds. The number of esters is 1. The molecule has 0 aromatic rings. The molecule has 6 nitrogen and oxygen atoms in total. The van der Waals surface area contributed by atoms with E-state index in [-0.39, 0.29) is 18.5 Å². The minimum atomic E-state index is -0.660. The number of nitrogens with one attached hydrogen (secondary N) is 1. The van der Waals surface area contributed by atoms with Crippen molar-refractivity contribution >= 4 is 11.9 Å². The second-order valence-electron chi connectivity index (χ2n) is 28.1. The van der Waals surface area contributed by atoms with Crippen molar-refractivity contribution in [3.63, 3.8) is 0 Å². The summed E-state index contributed by atoms with van der Waals surface area (Å²) < 4.78 is 5.50. The highest BCUT2D eigenvalue weighted by molar-refractivity contribution is 5.76. The number of amides is 1. The summed E-state index contributed by atoms with van der Waals surface area (Å²) in [6, 6.07) is -0.537. The summed E-state index contributed by atoms with van der Waals surface area (Å²) >= 11 is 0. The van der Waals surface area contributed by atoms with Crippen molar-refractivity contribution in [3.8, 4) is 0 Å². The molecule has 0 aliphatic heterocycles. The first kappa shape index (κ1) is 85.6. The van der Waals surface area contributed by atoms with Gasteiger partial charge in [0.1, 0.15) is 0 Å². The first-order valence-electron chi connectivity index (χ1n) is 40.4. The lowest BCUT2D eigenvalue weighted by molar-refractivity contribution is -0.143. The van der Waals surface area contributed by atoms with Gasteiger partial charge in [0.25, 0.3) is 0 Å². The minimum absolute atomic E-state index is 0.0166. The van der Waals surface area contributed by atoms with E-state index in [0.29, 0.717) is 25.9 Å². The average Bonchev–Trinajstić information content (AvgIpc) is 3.52. The summed E-state index contributed by atoms with van der Waals surface area (Å²) in [6.07, 6.45) is 97.5. The molecule has 0 heterocycles. The molecule has 518 valence electrons. The molecule has 87 heavy (non-hydrogen) atoms. The summed E-state index contributed by atoms with van der Waals surface area (Å²) in [5.74, 6) is -0.00762. The summed E-state index contributed by atoms with van der Waals surface area (Å²) in [6.45, 7) is 5.00. The number of carbonyl (C=O) groups is 2. The van der Waals surface area contributed by atoms with Crippen LogP contribution in [0.5, 0.6) is 0 Å². The van der Waals surface area contributed by atoms with Crippen LogP contribution in [0, 0.1) is 0 Å². The van der Waals surface area contributed by atoms with Crippen LogP contribution in [-0.4, -0.2) is 47.4 Å². The molecule has 0 aliphatic rings. The van der Waals surface area contributed by atoms with Crippen LogP contribution in [0.15, 0.2) is 12.2 Å². The average molecular weight is 1230 g/mol. The van der Waals surface area contributed by atoms with E-state index in [2.05, 4.69) is 31.3 Å². The molecule has 3 N–H and O–H groups in total. The fourth-order valence-electron chi connectivity index (χ4n) is 13.2. The van der Waals surface area contributed by atoms with Crippen molar-refractivity contribution in [3.05, 3.63) is 12.2 Å². The molecule has 0 bridgehead atoms. The summed E-state index contributed by atoms with van der Waals surface area (Å²) in [5, 5.41) is 23.4. The standard InChI is InChI=1S/C81H159NO5/c1-3-5-7-9-11-13-15-17-19-20-42-46-49-53-57-61-65-69-73-79(84)78(77-83)82-80(85)74-70-66-62-58-54-50-47-43-40-38-36-34-32-30-28-26-24-22-21-23-25-27-29-31-33-35-37-39-41-44-48-52-56-60-64-68-72-76-87-81(86)75-71-67-63-59-55-51-45-18-16-14-12-10-8-6-4-2/h18,45,78-79,83-84H,3-17,19-44,46-77H2,1-2H3,(H,82,85)/b45-18-. The van der Waals surface area contributed by atoms with Crippen LogP contribution < -0.4 is 5.32 Å².